The second-order valence-electron chi connectivity index (χ2n) is 11.9. The molecule has 0 radical (unpaired) electrons. The molecule has 1 N–H and O–H groups in total. The van der Waals surface area contributed by atoms with Crippen molar-refractivity contribution < 1.29 is 14.3 Å². The van der Waals surface area contributed by atoms with Crippen LogP contribution in [-0.4, -0.2) is 84.6 Å². The second kappa shape index (κ2) is 12.7. The summed E-state index contributed by atoms with van der Waals surface area (Å²) in [6, 6.07) is 13.0. The van der Waals surface area contributed by atoms with Crippen LogP contribution < -0.4 is 10.2 Å². The lowest BCUT2D eigenvalue weighted by Crippen LogP contribution is -2.65. The number of piperidine rings is 3. The number of carbonyl (C=O) groups excluding carboxylic acids is 2. The van der Waals surface area contributed by atoms with Crippen molar-refractivity contribution in [3.8, 4) is 0 Å². The minimum atomic E-state index is 0.0824. The zero-order valence-electron chi connectivity index (χ0n) is 23.5. The summed E-state index contributed by atoms with van der Waals surface area (Å²) < 4.78 is 5.45. The molecule has 1 aromatic carbocycles. The molecule has 4 aliphatic rings. The van der Waals surface area contributed by atoms with Gasteiger partial charge in [0.2, 0.25) is 5.91 Å². The van der Waals surface area contributed by atoms with Gasteiger partial charge in [-0.2, -0.15) is 0 Å². The van der Waals surface area contributed by atoms with Gasteiger partial charge in [-0.15, -0.1) is 0 Å². The molecule has 8 heteroatoms. The summed E-state index contributed by atoms with van der Waals surface area (Å²) in [6.07, 6.45) is 10.4. The van der Waals surface area contributed by atoms with Gasteiger partial charge in [0.05, 0.1) is 18.8 Å². The fraction of sp³-hybridized carbons (Fsp3) is 0.594. The summed E-state index contributed by atoms with van der Waals surface area (Å²) in [5.74, 6) is 1.22. The number of anilines is 1. The molecular formula is C32H43N5O3. The molecule has 40 heavy (non-hydrogen) atoms. The Hall–Kier alpha value is -2.97. The molecule has 0 spiro atoms. The van der Waals surface area contributed by atoms with E-state index >= 15 is 0 Å². The Labute approximate surface area is 238 Å². The number of benzene rings is 1. The number of hydrogen-bond acceptors (Lipinski definition) is 6. The van der Waals surface area contributed by atoms with Gasteiger partial charge in [-0.25, -0.2) is 0 Å². The van der Waals surface area contributed by atoms with Crippen LogP contribution in [0.4, 0.5) is 5.69 Å². The molecule has 0 bridgehead atoms. The Morgan fingerprint density at radius 1 is 1.00 bits per heavy atom. The molecule has 5 heterocycles. The lowest BCUT2D eigenvalue weighted by atomic mass is 9.69. The third-order valence-electron chi connectivity index (χ3n) is 9.55. The number of pyridine rings is 1. The molecule has 214 valence electrons. The quantitative estimate of drug-likeness (QED) is 0.545. The van der Waals surface area contributed by atoms with Crippen LogP contribution in [0.15, 0.2) is 48.8 Å². The van der Waals surface area contributed by atoms with E-state index < -0.39 is 0 Å². The minimum absolute atomic E-state index is 0.0824. The summed E-state index contributed by atoms with van der Waals surface area (Å²) in [5, 5.41) is 3.11. The highest BCUT2D eigenvalue weighted by Crippen LogP contribution is 2.43. The van der Waals surface area contributed by atoms with Gasteiger partial charge in [-0.05, 0) is 93.3 Å². The standard InChI is InChI=1S/C32H43N5O3/c38-30(34-21-24-10-12-27(13-11-24)35-17-19-40-20-18-35)9-1-8-29-28-7-4-16-36-15-3-6-26(31(28)36)23-37(29)32(39)25-5-2-14-33-22-25/h2,5,10-14,22,26,28-29,31H,1,3-4,6-9,15-21,23H2,(H,34,38)/t26-,28+,29+,31-/m0/s1. The van der Waals surface area contributed by atoms with Crippen molar-refractivity contribution in [3.63, 3.8) is 0 Å². The van der Waals surface area contributed by atoms with E-state index in [-0.39, 0.29) is 17.9 Å². The van der Waals surface area contributed by atoms with Crippen molar-refractivity contribution in [2.24, 2.45) is 11.8 Å². The van der Waals surface area contributed by atoms with Crippen LogP contribution in [0, 0.1) is 11.8 Å². The van der Waals surface area contributed by atoms with E-state index in [0.29, 0.717) is 36.4 Å². The van der Waals surface area contributed by atoms with Gasteiger partial charge < -0.3 is 19.9 Å². The fourth-order valence-corrected chi connectivity index (χ4v) is 7.66. The smallest absolute Gasteiger partial charge is 0.255 e. The number of likely N-dealkylation sites (tertiary alicyclic amines) is 1. The largest absolute Gasteiger partial charge is 0.378 e. The average molecular weight is 546 g/mol. The van der Waals surface area contributed by atoms with Crippen molar-refractivity contribution in [1.82, 2.24) is 20.1 Å². The van der Waals surface area contributed by atoms with Gasteiger partial charge in [0.1, 0.15) is 0 Å². The summed E-state index contributed by atoms with van der Waals surface area (Å²) in [5.41, 5.74) is 2.99. The van der Waals surface area contributed by atoms with Crippen molar-refractivity contribution >= 4 is 17.5 Å². The van der Waals surface area contributed by atoms with Crippen molar-refractivity contribution in [1.29, 1.82) is 0 Å². The van der Waals surface area contributed by atoms with Crippen LogP contribution >= 0.6 is 0 Å². The summed E-state index contributed by atoms with van der Waals surface area (Å²) in [6.45, 7) is 7.13. The van der Waals surface area contributed by atoms with E-state index in [2.05, 4.69) is 49.3 Å². The van der Waals surface area contributed by atoms with Gasteiger partial charge in [0.15, 0.2) is 0 Å². The first-order valence-electron chi connectivity index (χ1n) is 15.3. The maximum absolute atomic E-state index is 13.7. The van der Waals surface area contributed by atoms with Crippen molar-refractivity contribution in [3.05, 3.63) is 59.9 Å². The Morgan fingerprint density at radius 2 is 1.80 bits per heavy atom. The van der Waals surface area contributed by atoms with Crippen LogP contribution in [0.1, 0.15) is 60.9 Å². The first-order valence-corrected chi connectivity index (χ1v) is 15.3. The van der Waals surface area contributed by atoms with Crippen LogP contribution in [-0.2, 0) is 16.1 Å². The lowest BCUT2D eigenvalue weighted by Gasteiger charge is -2.57. The van der Waals surface area contributed by atoms with E-state index in [1.807, 2.05) is 12.1 Å². The van der Waals surface area contributed by atoms with Gasteiger partial charge in [-0.3, -0.25) is 19.5 Å². The molecule has 0 unspecified atom stereocenters. The molecule has 0 saturated carbocycles. The molecule has 4 atom stereocenters. The number of rotatable bonds is 8. The first-order chi connectivity index (χ1) is 19.7. The molecule has 4 aliphatic heterocycles. The Bertz CT molecular complexity index is 1130. The predicted octanol–water partition coefficient (Wildman–Crippen LogP) is 3.72. The van der Waals surface area contributed by atoms with Crippen molar-refractivity contribution in [2.45, 2.75) is 63.6 Å². The number of nitrogens with zero attached hydrogens (tertiary/aromatic N) is 4. The third kappa shape index (κ3) is 6.03. The van der Waals surface area contributed by atoms with Gasteiger partial charge in [0.25, 0.3) is 5.91 Å². The second-order valence-corrected chi connectivity index (χ2v) is 11.9. The maximum Gasteiger partial charge on any atom is 0.255 e. The molecule has 1 aromatic heterocycles. The number of ether oxygens (including phenoxy) is 1. The van der Waals surface area contributed by atoms with Gasteiger partial charge >= 0.3 is 0 Å². The van der Waals surface area contributed by atoms with E-state index in [9.17, 15) is 9.59 Å². The topological polar surface area (TPSA) is 78.0 Å². The number of hydrogen-bond donors (Lipinski definition) is 1. The molecule has 2 amide bonds. The number of amides is 2. The summed E-state index contributed by atoms with van der Waals surface area (Å²) in [7, 11) is 0. The third-order valence-corrected chi connectivity index (χ3v) is 9.55. The monoisotopic (exact) mass is 545 g/mol. The minimum Gasteiger partial charge on any atom is -0.378 e. The zero-order chi connectivity index (χ0) is 27.3. The number of carbonyl (C=O) groups is 2. The van der Waals surface area contributed by atoms with Crippen LogP contribution in [0.5, 0.6) is 0 Å². The molecule has 4 fully saturated rings. The lowest BCUT2D eigenvalue weighted by molar-refractivity contribution is -0.121. The molecule has 2 aromatic rings. The predicted molar refractivity (Wildman–Crippen MR) is 155 cm³/mol. The van der Waals surface area contributed by atoms with Crippen molar-refractivity contribution in [2.75, 3.05) is 50.8 Å². The molecular weight excluding hydrogens is 502 g/mol. The Morgan fingerprint density at radius 3 is 2.58 bits per heavy atom. The number of aromatic nitrogens is 1. The molecule has 6 rings (SSSR count). The van der Waals surface area contributed by atoms with Gasteiger partial charge in [-0.1, -0.05) is 12.1 Å². The van der Waals surface area contributed by atoms with Crippen LogP contribution in [0.2, 0.25) is 0 Å². The van der Waals surface area contributed by atoms with Gasteiger partial charge in [0, 0.05) is 62.8 Å². The first kappa shape index (κ1) is 27.2. The molecule has 8 nitrogen and oxygen atoms in total. The van der Waals surface area contributed by atoms with Crippen LogP contribution in [0.25, 0.3) is 0 Å². The molecule has 4 saturated heterocycles. The zero-order valence-corrected chi connectivity index (χ0v) is 23.5. The van der Waals surface area contributed by atoms with E-state index in [4.69, 9.17) is 4.74 Å². The highest BCUT2D eigenvalue weighted by Gasteiger charge is 2.49. The Balaban J connectivity index is 1.05. The number of morpholine rings is 1. The average Bonchev–Trinajstić information content (AvgIpc) is 3.02. The van der Waals surface area contributed by atoms with E-state index in [1.165, 1.54) is 44.5 Å². The number of nitrogens with one attached hydrogen (secondary N) is 1. The van der Waals surface area contributed by atoms with E-state index in [0.717, 1.165) is 51.3 Å². The normalized spacial score (nSPS) is 26.7. The highest BCUT2D eigenvalue weighted by molar-refractivity contribution is 5.94. The summed E-state index contributed by atoms with van der Waals surface area (Å²) in [4.78, 5) is 37.9. The highest BCUT2D eigenvalue weighted by atomic mass is 16.5. The summed E-state index contributed by atoms with van der Waals surface area (Å²) >= 11 is 0. The fourth-order valence-electron chi connectivity index (χ4n) is 7.66. The molecule has 0 aliphatic carbocycles. The maximum atomic E-state index is 13.7. The van der Waals surface area contributed by atoms with E-state index in [1.54, 1.807) is 12.4 Å². The SMILES string of the molecule is O=C(CCC[C@@H]1[C@H]2CCCN3CCC[C@@H](CN1C(=O)c1cccnc1)[C@@H]23)NCc1ccc(N2CCOCC2)cc1. The Kier molecular flexibility index (Phi) is 8.63. The van der Waals surface area contributed by atoms with Crippen LogP contribution in [0.3, 0.4) is 0 Å².